The van der Waals surface area contributed by atoms with Crippen LogP contribution >= 0.6 is 0 Å². The first-order valence-electron chi connectivity index (χ1n) is 9.33. The van der Waals surface area contributed by atoms with Gasteiger partial charge in [-0.25, -0.2) is 0 Å². The van der Waals surface area contributed by atoms with E-state index in [1.54, 1.807) is 18.2 Å². The van der Waals surface area contributed by atoms with E-state index < -0.39 is 17.7 Å². The maximum atomic E-state index is 13.0. The lowest BCUT2D eigenvalue weighted by molar-refractivity contribution is -0.137. The first-order chi connectivity index (χ1) is 15.3. The predicted molar refractivity (Wildman–Crippen MR) is 108 cm³/mol. The number of hydrogen-bond donors (Lipinski definition) is 2. The molecule has 0 radical (unpaired) electrons. The van der Waals surface area contributed by atoms with Crippen molar-refractivity contribution in [3.05, 3.63) is 70.6 Å². The molecule has 10 heteroatoms. The molecule has 0 bridgehead atoms. The summed E-state index contributed by atoms with van der Waals surface area (Å²) >= 11 is 0. The number of halogens is 3. The fraction of sp³-hybridized carbons (Fsp3) is 0.182. The van der Waals surface area contributed by atoms with Crippen molar-refractivity contribution in [2.45, 2.75) is 12.1 Å². The van der Waals surface area contributed by atoms with Gasteiger partial charge < -0.3 is 19.9 Å². The molecule has 0 saturated heterocycles. The third kappa shape index (κ3) is 3.47. The van der Waals surface area contributed by atoms with Crippen LogP contribution in [0.2, 0.25) is 0 Å². The van der Waals surface area contributed by atoms with Crippen LogP contribution in [0.4, 0.5) is 13.2 Å². The van der Waals surface area contributed by atoms with Crippen LogP contribution in [0.5, 0.6) is 17.4 Å². The number of fused-ring (bicyclic) bond motifs is 1. The summed E-state index contributed by atoms with van der Waals surface area (Å²) < 4.78 is 55.3. The van der Waals surface area contributed by atoms with Crippen LogP contribution in [-0.4, -0.2) is 24.4 Å². The van der Waals surface area contributed by atoms with Gasteiger partial charge in [0.05, 0.1) is 37.0 Å². The van der Waals surface area contributed by atoms with Crippen LogP contribution in [-0.2, 0) is 6.18 Å². The van der Waals surface area contributed by atoms with Crippen LogP contribution < -0.4 is 19.9 Å². The van der Waals surface area contributed by atoms with Crippen molar-refractivity contribution in [1.29, 1.82) is 5.26 Å². The first-order valence-corrected chi connectivity index (χ1v) is 9.33. The number of ether oxygens (including phenoxy) is 3. The van der Waals surface area contributed by atoms with E-state index in [2.05, 4.69) is 10.2 Å². The molecule has 2 aromatic carbocycles. The average molecular weight is 442 g/mol. The van der Waals surface area contributed by atoms with E-state index in [0.717, 1.165) is 12.1 Å². The zero-order valence-electron chi connectivity index (χ0n) is 16.9. The van der Waals surface area contributed by atoms with Gasteiger partial charge in [-0.2, -0.15) is 18.4 Å². The smallest absolute Gasteiger partial charge is 0.416 e. The van der Waals surface area contributed by atoms with Gasteiger partial charge in [-0.1, -0.05) is 12.1 Å². The third-order valence-corrected chi connectivity index (χ3v) is 5.18. The maximum Gasteiger partial charge on any atom is 0.416 e. The number of nitrogens with two attached hydrogens (primary N) is 1. The fourth-order valence-corrected chi connectivity index (χ4v) is 3.65. The highest BCUT2D eigenvalue weighted by molar-refractivity contribution is 5.73. The monoisotopic (exact) mass is 442 g/mol. The number of methoxy groups -OCH3 is 2. The van der Waals surface area contributed by atoms with Crippen LogP contribution in [0.15, 0.2) is 53.9 Å². The van der Waals surface area contributed by atoms with Crippen molar-refractivity contribution in [3.63, 3.8) is 0 Å². The second kappa shape index (κ2) is 7.85. The molecule has 3 aromatic rings. The van der Waals surface area contributed by atoms with Gasteiger partial charge in [0, 0.05) is 5.56 Å². The summed E-state index contributed by atoms with van der Waals surface area (Å²) in [4.78, 5) is 0. The van der Waals surface area contributed by atoms with Gasteiger partial charge >= 0.3 is 6.18 Å². The zero-order valence-corrected chi connectivity index (χ0v) is 16.9. The van der Waals surface area contributed by atoms with Crippen molar-refractivity contribution >= 4 is 0 Å². The maximum absolute atomic E-state index is 13.0. The van der Waals surface area contributed by atoms with E-state index in [-0.39, 0.29) is 17.3 Å². The van der Waals surface area contributed by atoms with Crippen molar-refractivity contribution in [1.82, 2.24) is 10.2 Å². The number of nitrogens with one attached hydrogen (secondary N) is 1. The molecule has 164 valence electrons. The van der Waals surface area contributed by atoms with Crippen LogP contribution in [0, 0.1) is 11.3 Å². The van der Waals surface area contributed by atoms with Crippen molar-refractivity contribution < 1.29 is 27.4 Å². The normalized spacial score (nSPS) is 15.6. The number of aromatic amines is 1. The lowest BCUT2D eigenvalue weighted by atomic mass is 9.82. The second-order valence-corrected chi connectivity index (χ2v) is 6.93. The Balaban J connectivity index is 1.88. The van der Waals surface area contributed by atoms with Crippen LogP contribution in [0.25, 0.3) is 11.3 Å². The number of hydrogen-bond acceptors (Lipinski definition) is 6. The van der Waals surface area contributed by atoms with Crippen molar-refractivity contribution in [2.24, 2.45) is 5.73 Å². The summed E-state index contributed by atoms with van der Waals surface area (Å²) in [5.74, 6) is 0.174. The topological polar surface area (TPSA) is 106 Å². The van der Waals surface area contributed by atoms with Gasteiger partial charge in [0.15, 0.2) is 11.5 Å². The van der Waals surface area contributed by atoms with E-state index in [9.17, 15) is 18.4 Å². The van der Waals surface area contributed by atoms with Gasteiger partial charge in [0.25, 0.3) is 0 Å². The van der Waals surface area contributed by atoms with Gasteiger partial charge in [0.2, 0.25) is 11.8 Å². The number of rotatable bonds is 4. The summed E-state index contributed by atoms with van der Waals surface area (Å²) in [6.07, 6.45) is -4.48. The Morgan fingerprint density at radius 3 is 2.38 bits per heavy atom. The predicted octanol–water partition coefficient (Wildman–Crippen LogP) is 4.33. The molecule has 0 amide bonds. The third-order valence-electron chi connectivity index (χ3n) is 5.18. The Kier molecular flexibility index (Phi) is 5.18. The Morgan fingerprint density at radius 1 is 1.09 bits per heavy atom. The number of alkyl halides is 3. The van der Waals surface area contributed by atoms with E-state index in [0.29, 0.717) is 33.9 Å². The van der Waals surface area contributed by atoms with E-state index in [4.69, 9.17) is 19.9 Å². The highest BCUT2D eigenvalue weighted by Gasteiger charge is 2.37. The Morgan fingerprint density at radius 2 is 1.78 bits per heavy atom. The number of benzene rings is 2. The summed E-state index contributed by atoms with van der Waals surface area (Å²) in [6, 6.07) is 11.8. The molecule has 2 heterocycles. The van der Waals surface area contributed by atoms with Gasteiger partial charge in [-0.15, -0.1) is 5.10 Å². The quantitative estimate of drug-likeness (QED) is 0.623. The molecular weight excluding hydrogens is 425 g/mol. The van der Waals surface area contributed by atoms with Gasteiger partial charge in [-0.05, 0) is 35.9 Å². The molecule has 0 unspecified atom stereocenters. The highest BCUT2D eigenvalue weighted by atomic mass is 19.4. The lowest BCUT2D eigenvalue weighted by Gasteiger charge is -2.24. The molecule has 1 atom stereocenters. The molecule has 3 N–H and O–H groups in total. The number of allylic oxidation sites excluding steroid dienone is 1. The van der Waals surface area contributed by atoms with Crippen LogP contribution in [0.3, 0.4) is 0 Å². The minimum atomic E-state index is -4.48. The summed E-state index contributed by atoms with van der Waals surface area (Å²) in [7, 11) is 3.01. The molecule has 7 nitrogen and oxygen atoms in total. The summed E-state index contributed by atoms with van der Waals surface area (Å²) in [6.45, 7) is 0. The molecule has 0 aliphatic carbocycles. The summed E-state index contributed by atoms with van der Waals surface area (Å²) in [5.41, 5.74) is 7.27. The first kappa shape index (κ1) is 21.1. The SMILES string of the molecule is COc1ccc(-c2[nH]nc3c2[C@@H](c2ccc(C(F)(F)F)cc2)C(C#N)=C(N)O3)cc1OC. The second-order valence-electron chi connectivity index (χ2n) is 6.93. The minimum absolute atomic E-state index is 0.0698. The number of H-pyrrole nitrogens is 1. The summed E-state index contributed by atoms with van der Waals surface area (Å²) in [5, 5.41) is 16.8. The van der Waals surface area contributed by atoms with E-state index in [1.165, 1.54) is 26.4 Å². The molecule has 4 rings (SSSR count). The molecule has 1 aliphatic rings. The largest absolute Gasteiger partial charge is 0.493 e. The molecule has 1 aliphatic heterocycles. The average Bonchev–Trinajstić information content (AvgIpc) is 3.20. The minimum Gasteiger partial charge on any atom is -0.493 e. The lowest BCUT2D eigenvalue weighted by Crippen LogP contribution is -2.21. The molecular formula is C22H17F3N4O3. The highest BCUT2D eigenvalue weighted by Crippen LogP contribution is 2.46. The molecule has 1 aromatic heterocycles. The number of nitriles is 1. The van der Waals surface area contributed by atoms with E-state index >= 15 is 0 Å². The fourth-order valence-electron chi connectivity index (χ4n) is 3.65. The van der Waals surface area contributed by atoms with E-state index in [1.807, 2.05) is 6.07 Å². The Labute approximate surface area is 180 Å². The number of aromatic nitrogens is 2. The van der Waals surface area contributed by atoms with Gasteiger partial charge in [0.1, 0.15) is 11.6 Å². The molecule has 0 saturated carbocycles. The van der Waals surface area contributed by atoms with Gasteiger partial charge in [-0.3, -0.25) is 5.10 Å². The Bertz CT molecular complexity index is 1240. The standard InChI is InChI=1S/C22H17F3N4O3/c1-30-15-8-5-12(9-16(15)31-2)19-18-17(11-3-6-13(7-4-11)22(23,24)25)14(10-26)20(27)32-21(18)29-28-19/h3-9,17H,27H2,1-2H3,(H,28,29)/t17-/m0/s1. The molecule has 32 heavy (non-hydrogen) atoms. The van der Waals surface area contributed by atoms with Crippen molar-refractivity contribution in [2.75, 3.05) is 14.2 Å². The van der Waals surface area contributed by atoms with Crippen molar-refractivity contribution in [3.8, 4) is 34.7 Å². The van der Waals surface area contributed by atoms with Crippen LogP contribution in [0.1, 0.15) is 22.6 Å². The number of nitrogens with zero attached hydrogens (tertiary/aromatic N) is 2. The zero-order chi connectivity index (χ0) is 23.0. The molecule has 0 fully saturated rings. The Hall–Kier alpha value is -4.13. The molecule has 0 spiro atoms.